The molecule has 20 amide bonds. The quantitative estimate of drug-likeness (QED) is 0.0136. The molecular formula is C76H121N19O26. The normalized spacial score (nSPS) is 16.9. The molecule has 0 aromatic carbocycles. The second kappa shape index (κ2) is 58.7. The van der Waals surface area contributed by atoms with E-state index in [1.54, 1.807) is 34.6 Å². The Morgan fingerprint density at radius 2 is 0.579 bits per heavy atom. The molecule has 5 aliphatic rings. The Bertz CT molecular complexity index is 3700. The largest absolute Gasteiger partial charge is 0.481 e. The van der Waals surface area contributed by atoms with Crippen LogP contribution in [-0.2, 0) is 110 Å². The van der Waals surface area contributed by atoms with Gasteiger partial charge in [0.1, 0.15) is 32.7 Å². The zero-order valence-corrected chi connectivity index (χ0v) is 70.1. The fourth-order valence-electron chi connectivity index (χ4n) is 12.1. The van der Waals surface area contributed by atoms with Crippen LogP contribution >= 0.6 is 0 Å². The zero-order valence-electron chi connectivity index (χ0n) is 70.1. The van der Waals surface area contributed by atoms with Crippen molar-refractivity contribution in [3.63, 3.8) is 0 Å². The number of hydrogen-bond donors (Lipinski definition) is 17. The van der Waals surface area contributed by atoms with Gasteiger partial charge in [0.25, 0.3) is 59.1 Å². The summed E-state index contributed by atoms with van der Waals surface area (Å²) in [5, 5.41) is 25.7. The van der Waals surface area contributed by atoms with Gasteiger partial charge in [-0.1, -0.05) is 121 Å². The van der Waals surface area contributed by atoms with Gasteiger partial charge in [-0.3, -0.25) is 201 Å². The predicted molar refractivity (Wildman–Crippen MR) is 425 cm³/mol. The van der Waals surface area contributed by atoms with E-state index in [2.05, 4.69) is 65.9 Å². The van der Waals surface area contributed by atoms with Crippen LogP contribution in [-0.4, -0.2) is 209 Å². The monoisotopic (exact) mass is 1720 g/mol. The molecule has 5 rings (SSSR count). The zero-order chi connectivity index (χ0) is 92.3. The van der Waals surface area contributed by atoms with Crippen LogP contribution < -0.4 is 77.6 Å². The highest BCUT2D eigenvalue weighted by Crippen LogP contribution is 2.24. The lowest BCUT2D eigenvalue weighted by atomic mass is 9.93. The fraction of sp³-hybridized carbons (Fsp3) is 0.618. The lowest BCUT2D eigenvalue weighted by molar-refractivity contribution is -0.147. The molecule has 5 heterocycles. The molecule has 10 unspecified atom stereocenters. The number of imide groups is 5. The van der Waals surface area contributed by atoms with Crippen molar-refractivity contribution in [2.75, 3.05) is 32.7 Å². The molecule has 0 aliphatic carbocycles. The molecule has 45 nitrogen and oxygen atoms in total. The molecule has 0 radical (unpaired) electrons. The van der Waals surface area contributed by atoms with Crippen LogP contribution in [0.15, 0.2) is 36.5 Å². The molecule has 21 N–H and O–H groups in total. The Morgan fingerprint density at radius 1 is 0.331 bits per heavy atom. The van der Waals surface area contributed by atoms with Gasteiger partial charge in [0.15, 0.2) is 0 Å². The molecule has 0 aromatic heterocycles. The highest BCUT2D eigenvalue weighted by molar-refractivity contribution is 6.16. The standard InChI is InChI=1S/C25H38N6O8.C23H30N6O8.C11H24N4O2.C11H20O4.C6H5NO4.H4N2/c1-5-7-17(23(37)29-27-19(33)13-31-21(35)11-16(4)25(31)39)9-6-8-14(2)22(36)28-26-18(32)12-30-20(34)10-15(3)24(30)38;1-3-5-15(23(37)27-25-17(31)13-29-20(34)10-11-21(29)35)7-4-6-14(2)22(36)26-24-16(30)12-28-18(32)8-9-19(28)33;1-3-5-9(11(17)15-13)7-4-6-8(2)10(16)14-12;1-3-5-9(11(14)15)7-4-6-8(2)10(12)13;8-4-1-2-5(9)7(4)3-6(10)11;1-2/h14-17H,5-13H2,1-4H3,(H,26,32)(H,27,33)(H,28,36)(H,29,37);8-11,14-15H,3-7,12-13H2,1-2H3,(H,24,30)(H,25,31)(H,26,36)(H,27,37);8-9H,3-7,12-13H2,1-2H3,(H,14,16)(H,15,17);8-9H,3-7H2,1-2H3,(H,12,13)(H,14,15);1-2H,3H2,(H,10,11);1-2H2. The summed E-state index contributed by atoms with van der Waals surface area (Å²) in [5.74, 6) is 1.51. The van der Waals surface area contributed by atoms with Crippen LogP contribution in [0.2, 0.25) is 0 Å². The third-order valence-electron chi connectivity index (χ3n) is 19.3. The number of hydrazine groups is 7. The number of carbonyl (C=O) groups is 23. The molecule has 45 heteroatoms. The summed E-state index contributed by atoms with van der Waals surface area (Å²) in [5.41, 5.74) is 22.3. The van der Waals surface area contributed by atoms with E-state index in [9.17, 15) is 110 Å². The lowest BCUT2D eigenvalue weighted by Crippen LogP contribution is -2.49. The van der Waals surface area contributed by atoms with E-state index >= 15 is 0 Å². The minimum atomic E-state index is -1.20. The van der Waals surface area contributed by atoms with Gasteiger partial charge in [0, 0.05) is 96.6 Å². The second-order valence-corrected chi connectivity index (χ2v) is 29.1. The topological polar surface area (TPSA) is 694 Å². The maximum atomic E-state index is 12.6. The molecule has 676 valence electrons. The van der Waals surface area contributed by atoms with E-state index in [0.29, 0.717) is 94.8 Å². The van der Waals surface area contributed by atoms with Gasteiger partial charge in [-0.05, 0) is 77.0 Å². The minimum Gasteiger partial charge on any atom is -0.481 e. The van der Waals surface area contributed by atoms with Crippen molar-refractivity contribution >= 4 is 136 Å². The maximum Gasteiger partial charge on any atom is 0.323 e. The van der Waals surface area contributed by atoms with Crippen molar-refractivity contribution < 1.29 is 126 Å². The molecule has 121 heavy (non-hydrogen) atoms. The average Bonchev–Trinajstić information content (AvgIpc) is 1.70. The molecule has 0 aromatic rings. The van der Waals surface area contributed by atoms with Gasteiger partial charge in [-0.15, -0.1) is 0 Å². The van der Waals surface area contributed by atoms with E-state index in [1.165, 1.54) is 0 Å². The third kappa shape index (κ3) is 41.4. The number of nitrogens with zero attached hydrogens (tertiary/aromatic N) is 5. The van der Waals surface area contributed by atoms with E-state index in [-0.39, 0.29) is 48.3 Å². The number of amides is 20. The van der Waals surface area contributed by atoms with Gasteiger partial charge in [0.05, 0.1) is 11.8 Å². The lowest BCUT2D eigenvalue weighted by Gasteiger charge is -2.19. The Balaban J connectivity index is 0.00000160. The summed E-state index contributed by atoms with van der Waals surface area (Å²) in [7, 11) is 0. The highest BCUT2D eigenvalue weighted by atomic mass is 16.4. The summed E-state index contributed by atoms with van der Waals surface area (Å²) in [6.45, 7) is 15.2. The van der Waals surface area contributed by atoms with Crippen molar-refractivity contribution in [3.8, 4) is 0 Å². The molecular weight excluding hydrogens is 1590 g/mol. The number of carbonyl (C=O) groups excluding carboxylic acids is 20. The van der Waals surface area contributed by atoms with Crippen LogP contribution in [0.4, 0.5) is 0 Å². The highest BCUT2D eigenvalue weighted by Gasteiger charge is 2.39. The van der Waals surface area contributed by atoms with Crippen LogP contribution in [0.3, 0.4) is 0 Å². The number of carboxylic acids is 3. The Kier molecular flexibility index (Phi) is 52.8. The number of carboxylic acid groups (broad SMARTS) is 3. The predicted octanol–water partition coefficient (Wildman–Crippen LogP) is -1.97. The second-order valence-electron chi connectivity index (χ2n) is 29.1. The third-order valence-corrected chi connectivity index (χ3v) is 19.3. The Hall–Kier alpha value is -12.1. The summed E-state index contributed by atoms with van der Waals surface area (Å²) in [6.07, 6.45) is 19.0. The first-order valence-electron chi connectivity index (χ1n) is 39.7. The number of nitrogens with two attached hydrogens (primary N) is 4. The summed E-state index contributed by atoms with van der Waals surface area (Å²) in [6, 6.07) is 0. The van der Waals surface area contributed by atoms with E-state index in [0.717, 1.165) is 94.6 Å². The number of aliphatic carboxylic acids is 3. The van der Waals surface area contributed by atoms with Crippen molar-refractivity contribution in [2.24, 2.45) is 82.5 Å². The number of nitrogens with one attached hydrogen (secondary N) is 10. The first kappa shape index (κ1) is 109. The first-order valence-corrected chi connectivity index (χ1v) is 39.7. The first-order chi connectivity index (χ1) is 57.0. The SMILES string of the molecule is CCCC(CCCC(C)C(=O)NN)C(=O)NN.CCCC(CCCC(C)C(=O)NNC(=O)CN1C(=O)C=CC1=O)C(=O)NNC(=O)CN1C(=O)C=CC1=O.CCCC(CCCC(C)C(=O)NNC(=O)CN1C(=O)CC(C)C1=O)C(=O)NNC(=O)CN1C(=O)CC(C)C1=O.CCCC(CCCC(C)C(=O)O)C(=O)O.NN.O=C(O)CN1C(=O)C=CC1=O. The van der Waals surface area contributed by atoms with Gasteiger partial charge >= 0.3 is 17.9 Å². The van der Waals surface area contributed by atoms with Gasteiger partial charge in [0.2, 0.25) is 59.1 Å². The average molecular weight is 1720 g/mol. The molecule has 2 fully saturated rings. The molecule has 0 bridgehead atoms. The molecule has 2 saturated heterocycles. The van der Waals surface area contributed by atoms with Gasteiger partial charge in [-0.2, -0.15) is 0 Å². The van der Waals surface area contributed by atoms with Crippen LogP contribution in [0, 0.1) is 59.2 Å². The molecule has 0 saturated carbocycles. The molecule has 10 atom stereocenters. The van der Waals surface area contributed by atoms with Crippen LogP contribution in [0.1, 0.15) is 210 Å². The van der Waals surface area contributed by atoms with E-state index in [4.69, 9.17) is 27.0 Å². The summed E-state index contributed by atoms with van der Waals surface area (Å²) in [4.78, 5) is 270. The number of likely N-dealkylation sites (tertiary alicyclic amines) is 2. The van der Waals surface area contributed by atoms with Crippen LogP contribution in [0.5, 0.6) is 0 Å². The van der Waals surface area contributed by atoms with Gasteiger partial charge in [-0.25, -0.2) is 11.7 Å². The van der Waals surface area contributed by atoms with Crippen LogP contribution in [0.25, 0.3) is 0 Å². The van der Waals surface area contributed by atoms with E-state index in [1.807, 2.05) is 34.6 Å². The van der Waals surface area contributed by atoms with Crippen molar-refractivity contribution in [3.05, 3.63) is 36.5 Å². The fourth-order valence-corrected chi connectivity index (χ4v) is 12.1. The van der Waals surface area contributed by atoms with E-state index < -0.39 is 192 Å². The molecule has 5 aliphatic heterocycles. The molecule has 0 spiro atoms. The van der Waals surface area contributed by atoms with Crippen molar-refractivity contribution in [2.45, 2.75) is 210 Å². The minimum absolute atomic E-state index is 0.0544. The smallest absolute Gasteiger partial charge is 0.323 e. The number of hydrogen-bond acceptors (Lipinski definition) is 27. The number of rotatable bonds is 42. The van der Waals surface area contributed by atoms with Gasteiger partial charge < -0.3 is 15.3 Å². The van der Waals surface area contributed by atoms with Crippen molar-refractivity contribution in [1.29, 1.82) is 0 Å². The Morgan fingerprint density at radius 3 is 0.835 bits per heavy atom. The van der Waals surface area contributed by atoms with Crippen molar-refractivity contribution in [1.82, 2.24) is 78.8 Å². The summed E-state index contributed by atoms with van der Waals surface area (Å²) < 4.78 is 0. The summed E-state index contributed by atoms with van der Waals surface area (Å²) >= 11 is 0. The Labute approximate surface area is 700 Å². The maximum absolute atomic E-state index is 12.6.